The van der Waals surface area contributed by atoms with Crippen LogP contribution in [0.1, 0.15) is 13.8 Å². The highest BCUT2D eigenvalue weighted by Gasteiger charge is 2.72. The Morgan fingerprint density at radius 2 is 1.84 bits per heavy atom. The van der Waals surface area contributed by atoms with Gasteiger partial charge in [0.25, 0.3) is 5.91 Å². The summed E-state index contributed by atoms with van der Waals surface area (Å²) in [5.74, 6) is -2.11. The fourth-order valence-corrected chi connectivity index (χ4v) is 7.12. The number of rotatable bonds is 7. The van der Waals surface area contributed by atoms with Gasteiger partial charge in [0.05, 0.1) is 42.7 Å². The minimum atomic E-state index is -1.39. The third kappa shape index (κ3) is 4.23. The highest BCUT2D eigenvalue weighted by Crippen LogP contribution is 2.54. The first-order valence-electron chi connectivity index (χ1n) is 14.9. The van der Waals surface area contributed by atoms with Gasteiger partial charge in [0.15, 0.2) is 0 Å². The minimum absolute atomic E-state index is 0.105. The lowest BCUT2D eigenvalue weighted by atomic mass is 9.77. The first-order valence-corrected chi connectivity index (χ1v) is 14.9. The van der Waals surface area contributed by atoms with Gasteiger partial charge in [-0.25, -0.2) is 4.68 Å². The average molecular weight is 599 g/mol. The Labute approximate surface area is 254 Å². The number of amides is 3. The number of carbonyl (C=O) groups excluding carboxylic acids is 3. The number of benzene rings is 2. The number of aliphatic hydroxyl groups excluding tert-OH is 1. The molecule has 12 nitrogen and oxygen atoms in total. The number of aromatic nitrogens is 3. The predicted octanol–water partition coefficient (Wildman–Crippen LogP) is 1.75. The molecule has 2 aromatic carbocycles. The summed E-state index contributed by atoms with van der Waals surface area (Å²) in [5, 5.41) is 18.7. The number of carbonyl (C=O) groups is 3. The van der Waals surface area contributed by atoms with Gasteiger partial charge in [0.1, 0.15) is 29.6 Å². The predicted molar refractivity (Wildman–Crippen MR) is 159 cm³/mol. The van der Waals surface area contributed by atoms with Crippen LogP contribution in [0, 0.1) is 11.8 Å². The van der Waals surface area contributed by atoms with Gasteiger partial charge >= 0.3 is 0 Å². The van der Waals surface area contributed by atoms with Crippen molar-refractivity contribution in [2.75, 3.05) is 31.2 Å². The maximum atomic E-state index is 14.5. The van der Waals surface area contributed by atoms with Crippen LogP contribution in [-0.4, -0.2) is 97.7 Å². The molecule has 7 rings (SSSR count). The third-order valence-electron chi connectivity index (χ3n) is 9.10. The van der Waals surface area contributed by atoms with Crippen LogP contribution in [0.3, 0.4) is 0 Å². The number of fused-ring (bicyclic) bond motifs is 3. The van der Waals surface area contributed by atoms with Gasteiger partial charge in [0.2, 0.25) is 11.8 Å². The molecule has 1 spiro atoms. The molecule has 228 valence electrons. The maximum Gasteiger partial charge on any atom is 0.250 e. The fourth-order valence-electron chi connectivity index (χ4n) is 7.12. The van der Waals surface area contributed by atoms with Crippen molar-refractivity contribution >= 4 is 34.4 Å². The molecule has 3 aromatic rings. The van der Waals surface area contributed by atoms with Crippen LogP contribution in [0.5, 0.6) is 5.75 Å². The number of para-hydroxylation sites is 1. The van der Waals surface area contributed by atoms with Crippen molar-refractivity contribution in [3.63, 3.8) is 0 Å². The van der Waals surface area contributed by atoms with E-state index in [9.17, 15) is 19.5 Å². The molecule has 1 N–H and O–H groups in total. The molecule has 0 bridgehead atoms. The van der Waals surface area contributed by atoms with Crippen molar-refractivity contribution in [3.8, 4) is 5.75 Å². The molecule has 2 saturated heterocycles. The van der Waals surface area contributed by atoms with Crippen LogP contribution in [0.4, 0.5) is 5.69 Å². The minimum Gasteiger partial charge on any atom is -0.494 e. The van der Waals surface area contributed by atoms with Crippen LogP contribution in [-0.2, 0) is 25.8 Å². The third-order valence-corrected chi connectivity index (χ3v) is 9.10. The summed E-state index contributed by atoms with van der Waals surface area (Å²) in [5.41, 5.74) is 0.753. The van der Waals surface area contributed by atoms with Crippen LogP contribution in [0.15, 0.2) is 72.8 Å². The van der Waals surface area contributed by atoms with Gasteiger partial charge in [-0.15, -0.1) is 5.10 Å². The smallest absolute Gasteiger partial charge is 0.250 e. The van der Waals surface area contributed by atoms with Crippen molar-refractivity contribution in [2.45, 2.75) is 44.3 Å². The van der Waals surface area contributed by atoms with Crippen LogP contribution < -0.4 is 9.64 Å². The van der Waals surface area contributed by atoms with Crippen LogP contribution in [0.2, 0.25) is 0 Å². The molecule has 4 aliphatic rings. The molecule has 3 amide bonds. The van der Waals surface area contributed by atoms with E-state index in [1.807, 2.05) is 73.7 Å². The first kappa shape index (κ1) is 28.2. The second kappa shape index (κ2) is 10.9. The van der Waals surface area contributed by atoms with E-state index in [2.05, 4.69) is 10.3 Å². The number of anilines is 1. The number of likely N-dealkylation sites (tertiary alicyclic amines) is 1. The van der Waals surface area contributed by atoms with Gasteiger partial charge in [-0.1, -0.05) is 41.7 Å². The zero-order valence-corrected chi connectivity index (χ0v) is 24.5. The highest BCUT2D eigenvalue weighted by molar-refractivity contribution is 6.04. The lowest BCUT2D eigenvalue weighted by Crippen LogP contribution is -2.57. The Kier molecular flexibility index (Phi) is 6.97. The largest absolute Gasteiger partial charge is 0.494 e. The van der Waals surface area contributed by atoms with Gasteiger partial charge in [-0.05, 0) is 50.2 Å². The summed E-state index contributed by atoms with van der Waals surface area (Å²) in [6.07, 6.45) is 6.61. The molecular formula is C32H34N6O6. The molecule has 1 unspecified atom stereocenters. The summed E-state index contributed by atoms with van der Waals surface area (Å²) in [6, 6.07) is 13.0. The Morgan fingerprint density at radius 1 is 1.05 bits per heavy atom. The lowest BCUT2D eigenvalue weighted by molar-refractivity contribution is -0.151. The van der Waals surface area contributed by atoms with Gasteiger partial charge in [-0.2, -0.15) is 0 Å². The standard InChI is InChI=1S/C32H34N6O6/c1-3-43-22-13-11-21(12-14-22)36-17-6-10-25-26(29(36)40)27-30(41)38(20(2)18-39)28-31(42)35(16-7-15-32(27,28)44-25)19-37-24-9-5-4-8-23(24)33-34-37/h4-15,20,25-28,39H,3,16-19H2,1-2H3/t20-,25+,26-,27+,28?,32+/m1/s1. The Morgan fingerprint density at radius 3 is 2.61 bits per heavy atom. The Hall–Kier alpha value is -4.55. The van der Waals surface area contributed by atoms with Gasteiger partial charge in [0, 0.05) is 18.8 Å². The van der Waals surface area contributed by atoms with Crippen LogP contribution in [0.25, 0.3) is 11.0 Å². The summed E-state index contributed by atoms with van der Waals surface area (Å²) in [6.45, 7) is 4.44. The molecule has 0 aliphatic carbocycles. The quantitative estimate of drug-likeness (QED) is 0.407. The van der Waals surface area contributed by atoms with Crippen molar-refractivity contribution in [2.24, 2.45) is 11.8 Å². The van der Waals surface area contributed by atoms with Gasteiger partial charge < -0.3 is 29.3 Å². The van der Waals surface area contributed by atoms with Gasteiger partial charge in [-0.3, -0.25) is 14.4 Å². The highest BCUT2D eigenvalue weighted by atomic mass is 16.5. The number of nitrogens with zero attached hydrogens (tertiary/aromatic N) is 6. The molecule has 0 radical (unpaired) electrons. The Bertz CT molecular complexity index is 1670. The second-order valence-corrected chi connectivity index (χ2v) is 11.6. The van der Waals surface area contributed by atoms with E-state index in [0.717, 1.165) is 5.52 Å². The number of ether oxygens (including phenoxy) is 2. The van der Waals surface area contributed by atoms with Crippen molar-refractivity contribution in [3.05, 3.63) is 72.8 Å². The normalized spacial score (nSPS) is 28.6. The molecule has 5 heterocycles. The molecular weight excluding hydrogens is 564 g/mol. The zero-order valence-electron chi connectivity index (χ0n) is 24.5. The van der Waals surface area contributed by atoms with Crippen molar-refractivity contribution < 1.29 is 29.0 Å². The van der Waals surface area contributed by atoms with E-state index < -0.39 is 35.6 Å². The summed E-state index contributed by atoms with van der Waals surface area (Å²) in [4.78, 5) is 47.8. The molecule has 2 fully saturated rings. The second-order valence-electron chi connectivity index (χ2n) is 11.6. The average Bonchev–Trinajstić information content (AvgIpc) is 3.59. The van der Waals surface area contributed by atoms with E-state index >= 15 is 0 Å². The summed E-state index contributed by atoms with van der Waals surface area (Å²) >= 11 is 0. The molecule has 1 aromatic heterocycles. The molecule has 12 heteroatoms. The monoisotopic (exact) mass is 598 g/mol. The fraction of sp³-hybridized carbons (Fsp3) is 0.406. The van der Waals surface area contributed by atoms with Crippen LogP contribution >= 0.6 is 0 Å². The Balaban J connectivity index is 1.25. The summed E-state index contributed by atoms with van der Waals surface area (Å²) < 4.78 is 13.9. The molecule has 6 atom stereocenters. The van der Waals surface area contributed by atoms with Crippen molar-refractivity contribution in [1.29, 1.82) is 0 Å². The number of aliphatic hydroxyl groups is 1. The van der Waals surface area contributed by atoms with E-state index in [1.54, 1.807) is 27.5 Å². The van der Waals surface area contributed by atoms with E-state index in [1.165, 1.54) is 4.90 Å². The lowest BCUT2D eigenvalue weighted by Gasteiger charge is -2.37. The first-order chi connectivity index (χ1) is 21.4. The number of hydrogen-bond donors (Lipinski definition) is 1. The van der Waals surface area contributed by atoms with E-state index in [0.29, 0.717) is 30.1 Å². The van der Waals surface area contributed by atoms with Crippen molar-refractivity contribution in [1.82, 2.24) is 24.8 Å². The number of hydrogen-bond acceptors (Lipinski definition) is 8. The SMILES string of the molecule is CCOc1ccc(N2CC=C[C@@H]3O[C@]45C=CCN(Cn6nnc7ccccc76)C(=O)C4N([C@H](C)CO)C(=O)[C@@H]5[C@@H]3C2=O)cc1. The van der Waals surface area contributed by atoms with E-state index in [4.69, 9.17) is 9.47 Å². The molecule has 44 heavy (non-hydrogen) atoms. The maximum absolute atomic E-state index is 14.5. The zero-order chi connectivity index (χ0) is 30.6. The molecule has 4 aliphatic heterocycles. The summed E-state index contributed by atoms with van der Waals surface area (Å²) in [7, 11) is 0. The molecule has 0 saturated carbocycles. The van der Waals surface area contributed by atoms with E-state index in [-0.39, 0.29) is 37.5 Å². The topological polar surface area (TPSA) is 130 Å².